The lowest BCUT2D eigenvalue weighted by molar-refractivity contribution is 0.0468. The van der Waals surface area contributed by atoms with Crippen molar-refractivity contribution in [3.63, 3.8) is 0 Å². The van der Waals surface area contributed by atoms with Gasteiger partial charge in [-0.15, -0.1) is 11.3 Å². The third kappa shape index (κ3) is 2.61. The molecule has 2 heterocycles. The van der Waals surface area contributed by atoms with Gasteiger partial charge in [-0.1, -0.05) is 11.6 Å². The number of carbonyl (C=O) groups excluding carboxylic acids is 1. The SMILES string of the molecule is Nc1cc(Cl)cc(C(=O)OCc2cn3ccsc3n2)c1. The van der Waals surface area contributed by atoms with Crippen molar-refractivity contribution >= 4 is 39.6 Å². The number of ether oxygens (including phenoxy) is 1. The van der Waals surface area contributed by atoms with Gasteiger partial charge in [0.25, 0.3) is 0 Å². The van der Waals surface area contributed by atoms with Crippen molar-refractivity contribution in [1.29, 1.82) is 0 Å². The molecule has 3 aromatic rings. The third-order valence-corrected chi connectivity index (χ3v) is 3.64. The Bertz CT molecular complexity index is 732. The zero-order valence-corrected chi connectivity index (χ0v) is 11.8. The molecular weight excluding hydrogens is 298 g/mol. The highest BCUT2D eigenvalue weighted by Crippen LogP contribution is 2.18. The van der Waals surface area contributed by atoms with Gasteiger partial charge in [-0.05, 0) is 18.2 Å². The van der Waals surface area contributed by atoms with Crippen molar-refractivity contribution in [3.05, 3.63) is 52.3 Å². The first kappa shape index (κ1) is 13.0. The summed E-state index contributed by atoms with van der Waals surface area (Å²) in [5, 5.41) is 2.34. The maximum absolute atomic E-state index is 11.9. The van der Waals surface area contributed by atoms with Gasteiger partial charge in [-0.25, -0.2) is 9.78 Å². The predicted octanol–water partition coefficient (Wildman–Crippen LogP) is 2.99. The van der Waals surface area contributed by atoms with Crippen LogP contribution in [0.25, 0.3) is 4.96 Å². The fraction of sp³-hybridized carbons (Fsp3) is 0.0769. The highest BCUT2D eigenvalue weighted by atomic mass is 35.5. The Morgan fingerprint density at radius 3 is 3.05 bits per heavy atom. The Morgan fingerprint density at radius 2 is 2.30 bits per heavy atom. The van der Waals surface area contributed by atoms with E-state index in [-0.39, 0.29) is 6.61 Å². The van der Waals surface area contributed by atoms with E-state index in [1.807, 2.05) is 22.2 Å². The van der Waals surface area contributed by atoms with Crippen LogP contribution < -0.4 is 5.73 Å². The molecule has 0 unspecified atom stereocenters. The quantitative estimate of drug-likeness (QED) is 0.596. The molecule has 0 aliphatic rings. The van der Waals surface area contributed by atoms with E-state index in [9.17, 15) is 4.79 Å². The first-order valence-corrected chi connectivity index (χ1v) is 7.02. The average Bonchev–Trinajstić information content (AvgIpc) is 2.95. The van der Waals surface area contributed by atoms with E-state index >= 15 is 0 Å². The Balaban J connectivity index is 1.71. The van der Waals surface area contributed by atoms with Crippen molar-refractivity contribution in [1.82, 2.24) is 9.38 Å². The van der Waals surface area contributed by atoms with Gasteiger partial charge in [0.1, 0.15) is 6.61 Å². The highest BCUT2D eigenvalue weighted by molar-refractivity contribution is 7.15. The normalized spacial score (nSPS) is 10.8. The van der Waals surface area contributed by atoms with E-state index in [2.05, 4.69) is 4.98 Å². The second-order valence-electron chi connectivity index (χ2n) is 4.17. The van der Waals surface area contributed by atoms with Crippen LogP contribution in [-0.2, 0) is 11.3 Å². The van der Waals surface area contributed by atoms with Crippen molar-refractivity contribution in [2.75, 3.05) is 5.73 Å². The molecule has 0 fully saturated rings. The topological polar surface area (TPSA) is 69.6 Å². The van der Waals surface area contributed by atoms with Crippen LogP contribution in [0.4, 0.5) is 5.69 Å². The molecule has 0 saturated heterocycles. The largest absolute Gasteiger partial charge is 0.456 e. The summed E-state index contributed by atoms with van der Waals surface area (Å²) in [5.41, 5.74) is 7.08. The number of nitrogens with two attached hydrogens (primary N) is 1. The smallest absolute Gasteiger partial charge is 0.338 e. The lowest BCUT2D eigenvalue weighted by atomic mass is 10.2. The fourth-order valence-corrected chi connectivity index (χ4v) is 2.76. The van der Waals surface area contributed by atoms with Crippen LogP contribution in [0.1, 0.15) is 16.1 Å². The molecule has 0 aliphatic heterocycles. The van der Waals surface area contributed by atoms with Gasteiger partial charge < -0.3 is 10.5 Å². The van der Waals surface area contributed by atoms with Crippen LogP contribution in [0.2, 0.25) is 5.02 Å². The predicted molar refractivity (Wildman–Crippen MR) is 78.1 cm³/mol. The number of anilines is 1. The monoisotopic (exact) mass is 307 g/mol. The van der Waals surface area contributed by atoms with E-state index in [1.165, 1.54) is 23.5 Å². The van der Waals surface area contributed by atoms with Crippen molar-refractivity contribution in [3.8, 4) is 0 Å². The number of esters is 1. The van der Waals surface area contributed by atoms with E-state index < -0.39 is 5.97 Å². The van der Waals surface area contributed by atoms with Crippen LogP contribution in [0.3, 0.4) is 0 Å². The number of hydrogen-bond donors (Lipinski definition) is 1. The van der Waals surface area contributed by atoms with E-state index in [0.29, 0.717) is 22.0 Å². The molecule has 0 bridgehead atoms. The summed E-state index contributed by atoms with van der Waals surface area (Å²) < 4.78 is 7.08. The number of aromatic nitrogens is 2. The first-order chi connectivity index (χ1) is 9.61. The minimum Gasteiger partial charge on any atom is -0.456 e. The number of nitrogens with zero attached hydrogens (tertiary/aromatic N) is 2. The maximum atomic E-state index is 11.9. The summed E-state index contributed by atoms with van der Waals surface area (Å²) >= 11 is 7.37. The first-order valence-electron chi connectivity index (χ1n) is 5.76. The molecule has 2 aromatic heterocycles. The molecule has 7 heteroatoms. The lowest BCUT2D eigenvalue weighted by Crippen LogP contribution is -2.06. The summed E-state index contributed by atoms with van der Waals surface area (Å²) in [6, 6.07) is 4.62. The molecule has 1 aromatic carbocycles. The van der Waals surface area contributed by atoms with Crippen molar-refractivity contribution < 1.29 is 9.53 Å². The average molecular weight is 308 g/mol. The van der Waals surface area contributed by atoms with Crippen molar-refractivity contribution in [2.24, 2.45) is 0 Å². The van der Waals surface area contributed by atoms with Crippen LogP contribution in [0.5, 0.6) is 0 Å². The Morgan fingerprint density at radius 1 is 1.45 bits per heavy atom. The molecule has 20 heavy (non-hydrogen) atoms. The number of rotatable bonds is 3. The molecule has 0 spiro atoms. The van der Waals surface area contributed by atoms with Gasteiger partial charge in [-0.2, -0.15) is 0 Å². The number of thiazole rings is 1. The Labute approximate surface area is 123 Å². The van der Waals surface area contributed by atoms with Crippen LogP contribution in [0.15, 0.2) is 36.0 Å². The van der Waals surface area contributed by atoms with Crippen LogP contribution in [0, 0.1) is 0 Å². The molecule has 2 N–H and O–H groups in total. The van der Waals surface area contributed by atoms with Crippen LogP contribution in [-0.4, -0.2) is 15.4 Å². The fourth-order valence-electron chi connectivity index (χ4n) is 1.80. The molecule has 0 radical (unpaired) electrons. The Kier molecular flexibility index (Phi) is 3.33. The summed E-state index contributed by atoms with van der Waals surface area (Å²) in [6.07, 6.45) is 3.72. The van der Waals surface area contributed by atoms with E-state index in [0.717, 1.165) is 4.96 Å². The highest BCUT2D eigenvalue weighted by Gasteiger charge is 2.11. The Hall–Kier alpha value is -2.05. The summed E-state index contributed by atoms with van der Waals surface area (Å²) in [5.74, 6) is -0.476. The molecule has 5 nitrogen and oxygen atoms in total. The van der Waals surface area contributed by atoms with Gasteiger partial charge >= 0.3 is 5.97 Å². The second-order valence-corrected chi connectivity index (χ2v) is 5.48. The van der Waals surface area contributed by atoms with Gasteiger partial charge in [0.15, 0.2) is 4.96 Å². The molecule has 0 atom stereocenters. The molecule has 3 rings (SSSR count). The number of imidazole rings is 1. The minimum atomic E-state index is -0.476. The van der Waals surface area contributed by atoms with E-state index in [4.69, 9.17) is 22.1 Å². The van der Waals surface area contributed by atoms with Crippen LogP contribution >= 0.6 is 22.9 Å². The zero-order chi connectivity index (χ0) is 14.1. The van der Waals surface area contributed by atoms with Gasteiger partial charge in [-0.3, -0.25) is 4.40 Å². The number of nitrogen functional groups attached to an aromatic ring is 1. The second kappa shape index (κ2) is 5.15. The van der Waals surface area contributed by atoms with Gasteiger partial charge in [0, 0.05) is 28.5 Å². The molecule has 0 aliphatic carbocycles. The number of halogens is 1. The van der Waals surface area contributed by atoms with E-state index in [1.54, 1.807) is 6.07 Å². The standard InChI is InChI=1S/C13H10ClN3O2S/c14-9-3-8(4-10(15)5-9)12(18)19-7-11-6-17-1-2-20-13(17)16-11/h1-6H,7,15H2. The minimum absolute atomic E-state index is 0.111. The van der Waals surface area contributed by atoms with Crippen molar-refractivity contribution in [2.45, 2.75) is 6.61 Å². The number of benzene rings is 1. The zero-order valence-electron chi connectivity index (χ0n) is 10.2. The summed E-state index contributed by atoms with van der Waals surface area (Å²) in [4.78, 5) is 17.1. The summed E-state index contributed by atoms with van der Waals surface area (Å²) in [6.45, 7) is 0.111. The lowest BCUT2D eigenvalue weighted by Gasteiger charge is -2.04. The molecular formula is C13H10ClN3O2S. The maximum Gasteiger partial charge on any atom is 0.338 e. The van der Waals surface area contributed by atoms with Gasteiger partial charge in [0.2, 0.25) is 0 Å². The molecule has 102 valence electrons. The molecule has 0 amide bonds. The number of carbonyl (C=O) groups is 1. The number of hydrogen-bond acceptors (Lipinski definition) is 5. The number of fused-ring (bicyclic) bond motifs is 1. The van der Waals surface area contributed by atoms with Gasteiger partial charge in [0.05, 0.1) is 11.3 Å². The third-order valence-electron chi connectivity index (χ3n) is 2.65. The molecule has 0 saturated carbocycles. The summed E-state index contributed by atoms with van der Waals surface area (Å²) in [7, 11) is 0.